The van der Waals surface area contributed by atoms with E-state index in [1.54, 1.807) is 19.2 Å². The van der Waals surface area contributed by atoms with Crippen LogP contribution in [-0.4, -0.2) is 37.4 Å². The topological polar surface area (TPSA) is 73.7 Å². The number of phenols is 1. The highest BCUT2D eigenvalue weighted by atomic mass is 16.3. The summed E-state index contributed by atoms with van der Waals surface area (Å²) in [6, 6.07) is 6.18. The maximum atomic E-state index is 10.7. The number of allylic oxidation sites excluding steroid dienone is 3. The zero-order chi connectivity index (χ0) is 37.9. The molecule has 0 fully saturated rings. The Kier molecular flexibility index (Phi) is 39.6. The van der Waals surface area contributed by atoms with Gasteiger partial charge in [-0.25, -0.2) is 0 Å². The monoisotopic (exact) mass is 670 g/mol. The Morgan fingerprint density at radius 2 is 1.31 bits per heavy atom. The minimum Gasteiger partial charge on any atom is -0.508 e. The Bertz CT molecular complexity index is 999. The number of unbranched alkanes of at least 4 members (excludes halogenated alkanes) is 2. The van der Waals surface area contributed by atoms with E-state index in [2.05, 4.69) is 96.8 Å². The zero-order valence-corrected chi connectivity index (χ0v) is 34.0. The van der Waals surface area contributed by atoms with Gasteiger partial charge < -0.3 is 15.7 Å². The van der Waals surface area contributed by atoms with Crippen molar-refractivity contribution in [3.8, 4) is 5.75 Å². The SMILES string of the molecule is C=C(C)C(=C)NC.C=C(CC(=NC)NCC)/C(C)=C/C.CC(=O)c1ccc(O)cc1.CCCC(C)CCC.CCCCCC(C)CCC. The van der Waals surface area contributed by atoms with E-state index in [-0.39, 0.29) is 11.5 Å². The third-order valence-corrected chi connectivity index (χ3v) is 7.76. The number of ketones is 1. The fourth-order valence-corrected chi connectivity index (χ4v) is 4.39. The van der Waals surface area contributed by atoms with Gasteiger partial charge >= 0.3 is 0 Å². The van der Waals surface area contributed by atoms with Crippen molar-refractivity contribution in [1.82, 2.24) is 10.6 Å². The number of nitrogens with one attached hydrogen (secondary N) is 2. The van der Waals surface area contributed by atoms with Crippen LogP contribution in [0.4, 0.5) is 0 Å². The number of nitrogens with zero attached hydrogens (tertiary/aromatic N) is 1. The number of benzene rings is 1. The summed E-state index contributed by atoms with van der Waals surface area (Å²) in [4.78, 5) is 14.8. The summed E-state index contributed by atoms with van der Waals surface area (Å²) in [5.41, 5.74) is 4.88. The number of hydrogen-bond acceptors (Lipinski definition) is 4. The number of carbonyl (C=O) groups is 1. The number of aromatic hydroxyl groups is 1. The van der Waals surface area contributed by atoms with Gasteiger partial charge in [0.25, 0.3) is 0 Å². The second-order valence-electron chi connectivity index (χ2n) is 12.6. The van der Waals surface area contributed by atoms with Gasteiger partial charge in [-0.05, 0) is 81.9 Å². The van der Waals surface area contributed by atoms with E-state index in [9.17, 15) is 4.79 Å². The summed E-state index contributed by atoms with van der Waals surface area (Å²) in [5.74, 6) is 3.14. The van der Waals surface area contributed by atoms with Crippen LogP contribution in [0, 0.1) is 11.8 Å². The number of hydrogen-bond donors (Lipinski definition) is 3. The number of Topliss-reactive ketones (excluding diaryl/α,β-unsaturated/α-hetero) is 1. The smallest absolute Gasteiger partial charge is 0.159 e. The van der Waals surface area contributed by atoms with Gasteiger partial charge in [-0.1, -0.05) is 137 Å². The lowest BCUT2D eigenvalue weighted by Crippen LogP contribution is -2.23. The summed E-state index contributed by atoms with van der Waals surface area (Å²) in [6.07, 6.45) is 16.9. The van der Waals surface area contributed by atoms with E-state index in [1.807, 2.05) is 20.9 Å². The molecule has 0 aliphatic rings. The van der Waals surface area contributed by atoms with Gasteiger partial charge in [-0.15, -0.1) is 0 Å². The predicted molar refractivity (Wildman–Crippen MR) is 219 cm³/mol. The number of aliphatic imine (C=N–C) groups is 1. The number of carbonyl (C=O) groups excluding carboxylic acids is 1. The molecule has 48 heavy (non-hydrogen) atoms. The van der Waals surface area contributed by atoms with E-state index in [0.717, 1.165) is 47.5 Å². The lowest BCUT2D eigenvalue weighted by Gasteiger charge is -2.09. The zero-order valence-electron chi connectivity index (χ0n) is 34.0. The van der Waals surface area contributed by atoms with Gasteiger partial charge in [0, 0.05) is 38.3 Å². The molecule has 1 aromatic carbocycles. The van der Waals surface area contributed by atoms with Crippen molar-refractivity contribution < 1.29 is 9.90 Å². The molecule has 0 saturated heterocycles. The van der Waals surface area contributed by atoms with E-state index in [0.29, 0.717) is 5.56 Å². The van der Waals surface area contributed by atoms with Crippen molar-refractivity contribution in [2.75, 3.05) is 20.6 Å². The lowest BCUT2D eigenvalue weighted by atomic mass is 9.99. The number of rotatable bonds is 17. The maximum Gasteiger partial charge on any atom is 0.159 e. The van der Waals surface area contributed by atoms with Crippen LogP contribution in [0.3, 0.4) is 0 Å². The molecule has 278 valence electrons. The maximum absolute atomic E-state index is 10.7. The highest BCUT2D eigenvalue weighted by molar-refractivity contribution is 5.94. The molecule has 5 nitrogen and oxygen atoms in total. The van der Waals surface area contributed by atoms with Crippen molar-refractivity contribution in [3.05, 3.63) is 78.1 Å². The Labute approximate surface area is 299 Å². The van der Waals surface area contributed by atoms with Crippen molar-refractivity contribution >= 4 is 11.6 Å². The van der Waals surface area contributed by atoms with E-state index in [4.69, 9.17) is 5.11 Å². The minimum absolute atomic E-state index is 0.0139. The van der Waals surface area contributed by atoms with Crippen molar-refractivity contribution in [1.29, 1.82) is 0 Å². The largest absolute Gasteiger partial charge is 0.508 e. The fraction of sp³-hybridized carbons (Fsp3) is 0.628. The van der Waals surface area contributed by atoms with Crippen LogP contribution in [0.2, 0.25) is 0 Å². The first kappa shape index (κ1) is 51.7. The van der Waals surface area contributed by atoms with Crippen LogP contribution in [0.25, 0.3) is 0 Å². The first-order valence-corrected chi connectivity index (χ1v) is 18.5. The Morgan fingerprint density at radius 3 is 1.62 bits per heavy atom. The second-order valence-corrected chi connectivity index (χ2v) is 12.6. The Balaban J connectivity index is -0.000000256. The molecule has 0 aliphatic heterocycles. The van der Waals surface area contributed by atoms with Gasteiger partial charge in [-0.2, -0.15) is 0 Å². The highest BCUT2D eigenvalue weighted by Gasteiger charge is 2.01. The average molecular weight is 670 g/mol. The van der Waals surface area contributed by atoms with Gasteiger partial charge in [0.2, 0.25) is 0 Å². The molecule has 0 radical (unpaired) electrons. The summed E-state index contributed by atoms with van der Waals surface area (Å²) in [7, 11) is 3.63. The molecule has 0 aliphatic carbocycles. The summed E-state index contributed by atoms with van der Waals surface area (Å²) >= 11 is 0. The Hall–Kier alpha value is -3.08. The van der Waals surface area contributed by atoms with Gasteiger partial charge in [0.05, 0.1) is 0 Å². The molecule has 0 heterocycles. The third-order valence-electron chi connectivity index (χ3n) is 7.76. The van der Waals surface area contributed by atoms with Crippen molar-refractivity contribution in [3.63, 3.8) is 0 Å². The molecule has 0 aromatic heterocycles. The van der Waals surface area contributed by atoms with E-state index in [1.165, 1.54) is 88.8 Å². The first-order valence-electron chi connectivity index (χ1n) is 18.5. The van der Waals surface area contributed by atoms with Gasteiger partial charge in [0.15, 0.2) is 5.78 Å². The molecule has 3 N–H and O–H groups in total. The van der Waals surface area contributed by atoms with Crippen LogP contribution in [0.1, 0.15) is 157 Å². The number of amidine groups is 1. The van der Waals surface area contributed by atoms with Crippen LogP contribution >= 0.6 is 0 Å². The quantitative estimate of drug-likeness (QED) is 0.0507. The van der Waals surface area contributed by atoms with Crippen molar-refractivity contribution in [2.24, 2.45) is 16.8 Å². The third kappa shape index (κ3) is 35.8. The molecule has 0 bridgehead atoms. The van der Waals surface area contributed by atoms with Crippen molar-refractivity contribution in [2.45, 2.75) is 147 Å². The molecule has 0 saturated carbocycles. The molecule has 0 amide bonds. The molecule has 5 heteroatoms. The number of phenolic OH excluding ortho intramolecular Hbond substituents is 1. The second kappa shape index (κ2) is 36.8. The summed E-state index contributed by atoms with van der Waals surface area (Å²) < 4.78 is 0. The normalized spacial score (nSPS) is 11.1. The van der Waals surface area contributed by atoms with Crippen LogP contribution in [0.5, 0.6) is 5.75 Å². The van der Waals surface area contributed by atoms with Gasteiger partial charge in [-0.3, -0.25) is 9.79 Å². The van der Waals surface area contributed by atoms with Gasteiger partial charge in [0.1, 0.15) is 11.6 Å². The molecule has 1 aromatic rings. The molecular formula is C43H79N3O2. The van der Waals surface area contributed by atoms with Crippen LogP contribution in [0.15, 0.2) is 77.5 Å². The first-order chi connectivity index (χ1) is 22.6. The fourth-order valence-electron chi connectivity index (χ4n) is 4.39. The predicted octanol–water partition coefficient (Wildman–Crippen LogP) is 12.7. The minimum atomic E-state index is 0.0139. The standard InChI is InChI=1S/C11H20N2.C10H22.C8H8O2.C8H18.C6H11N/c1-6-9(3)10(4)8-11(12-5)13-7-2;1-4-6-7-9-10(3)8-5-2;1-6(9)7-2-4-8(10)5-3-7;1-4-6-8(3)7-5-2;1-5(2)6(3)7-4/h6H,4,7-8H2,1-3,5H3,(H,12,13);10H,4-9H2,1-3H3;2-5,10H,1H3;8H,4-7H2,1-3H3;7H,1,3H2,2,4H3/b9-6+;;;;. The molecule has 1 atom stereocenters. The lowest BCUT2D eigenvalue weighted by molar-refractivity contribution is 0.101. The molecule has 1 rings (SSSR count). The van der Waals surface area contributed by atoms with E-state index >= 15 is 0 Å². The van der Waals surface area contributed by atoms with Crippen LogP contribution in [-0.2, 0) is 0 Å². The number of likely N-dealkylation sites (N-methyl/N-ethyl adjacent to an activating group) is 1. The molecular weight excluding hydrogens is 590 g/mol. The highest BCUT2D eigenvalue weighted by Crippen LogP contribution is 2.14. The Morgan fingerprint density at radius 1 is 0.833 bits per heavy atom. The van der Waals surface area contributed by atoms with E-state index < -0.39 is 0 Å². The average Bonchev–Trinajstić information content (AvgIpc) is 3.05. The van der Waals surface area contributed by atoms with Crippen LogP contribution < -0.4 is 10.6 Å². The summed E-state index contributed by atoms with van der Waals surface area (Å²) in [6.45, 7) is 35.6. The molecule has 1 unspecified atom stereocenters. The molecule has 0 spiro atoms. The summed E-state index contributed by atoms with van der Waals surface area (Å²) in [5, 5.41) is 14.9.